The number of nitrogens with two attached hydrogens (primary N) is 1. The first-order valence-corrected chi connectivity index (χ1v) is 5.00. The molecule has 0 unspecified atom stereocenters. The lowest BCUT2D eigenvalue weighted by atomic mass is 9.85. The van der Waals surface area contributed by atoms with E-state index in [1.54, 1.807) is 12.9 Å². The summed E-state index contributed by atoms with van der Waals surface area (Å²) >= 11 is 5.91. The van der Waals surface area contributed by atoms with Crippen molar-refractivity contribution < 1.29 is 5.02 Å². The zero-order valence-electron chi connectivity index (χ0n) is 8.00. The molecule has 1 aliphatic heterocycles. The molecule has 1 heterocycles. The Hall–Kier alpha value is -0.865. The van der Waals surface area contributed by atoms with Crippen LogP contribution in [0.4, 0.5) is 11.4 Å². The fourth-order valence-electron chi connectivity index (χ4n) is 1.91. The fourth-order valence-corrected chi connectivity index (χ4v) is 2.13. The molecule has 0 atom stereocenters. The van der Waals surface area contributed by atoms with Crippen LogP contribution >= 0.6 is 11.6 Å². The minimum Gasteiger partial charge on any atom is -0.432 e. The molecule has 3 nitrogen and oxygen atoms in total. The van der Waals surface area contributed by atoms with Crippen LogP contribution in [-0.2, 0) is 6.42 Å². The Morgan fingerprint density at radius 3 is 2.93 bits per heavy atom. The van der Waals surface area contributed by atoms with Crippen LogP contribution in [0.15, 0.2) is 12.1 Å². The van der Waals surface area contributed by atoms with Crippen LogP contribution in [0.2, 0.25) is 11.8 Å². The van der Waals surface area contributed by atoms with Crippen molar-refractivity contribution in [3.8, 4) is 0 Å². The summed E-state index contributed by atoms with van der Waals surface area (Å²) < 4.78 is 0. The van der Waals surface area contributed by atoms with Gasteiger partial charge in [0, 0.05) is 22.9 Å². The Bertz CT molecular complexity index is 370. The molecule has 0 aromatic heterocycles. The summed E-state index contributed by atoms with van der Waals surface area (Å²) in [5, 5.41) is 10.1. The lowest BCUT2D eigenvalue weighted by Crippen LogP contribution is -2.35. The summed E-state index contributed by atoms with van der Waals surface area (Å²) in [6.07, 6.45) is 0.878. The number of nitrogen functional groups attached to an aromatic ring is 1. The van der Waals surface area contributed by atoms with E-state index in [9.17, 15) is 5.02 Å². The van der Waals surface area contributed by atoms with Crippen LogP contribution < -0.4 is 10.5 Å². The molecule has 0 saturated carbocycles. The molecule has 0 saturated heterocycles. The van der Waals surface area contributed by atoms with Crippen molar-refractivity contribution in [1.29, 1.82) is 0 Å². The van der Waals surface area contributed by atoms with E-state index in [0.29, 0.717) is 5.02 Å². The quantitative estimate of drug-likeness (QED) is 0.544. The van der Waals surface area contributed by atoms with Crippen molar-refractivity contribution in [2.45, 2.75) is 13.2 Å². The molecule has 0 bridgehead atoms. The van der Waals surface area contributed by atoms with E-state index < -0.39 is 7.05 Å². The maximum Gasteiger partial charge on any atom is 0.409 e. The molecule has 1 aromatic rings. The van der Waals surface area contributed by atoms with Crippen molar-refractivity contribution in [3.63, 3.8) is 0 Å². The van der Waals surface area contributed by atoms with Crippen molar-refractivity contribution in [2.24, 2.45) is 0 Å². The van der Waals surface area contributed by atoms with Gasteiger partial charge in [-0.05, 0) is 30.9 Å². The molecule has 1 aliphatic rings. The first-order chi connectivity index (χ1) is 6.59. The second-order valence-electron chi connectivity index (χ2n) is 3.57. The molecule has 5 heteroatoms. The Balaban J connectivity index is 2.49. The Labute approximate surface area is 88.6 Å². The van der Waals surface area contributed by atoms with Crippen LogP contribution in [0.5, 0.6) is 0 Å². The molecule has 0 fully saturated rings. The van der Waals surface area contributed by atoms with Gasteiger partial charge in [-0.2, -0.15) is 0 Å². The van der Waals surface area contributed by atoms with Crippen molar-refractivity contribution in [1.82, 2.24) is 0 Å². The highest BCUT2D eigenvalue weighted by Crippen LogP contribution is 2.35. The third kappa shape index (κ3) is 1.44. The van der Waals surface area contributed by atoms with Gasteiger partial charge in [0.1, 0.15) is 0 Å². The van der Waals surface area contributed by atoms with Gasteiger partial charge < -0.3 is 15.6 Å². The lowest BCUT2D eigenvalue weighted by molar-refractivity contribution is 0.572. The number of nitrogens with zero attached hydrogens (tertiary/aromatic N) is 1. The van der Waals surface area contributed by atoms with E-state index in [0.717, 1.165) is 29.9 Å². The summed E-state index contributed by atoms with van der Waals surface area (Å²) in [6.45, 7) is 2.55. The van der Waals surface area contributed by atoms with Crippen LogP contribution in [0, 0.1) is 0 Å². The second kappa shape index (κ2) is 3.37. The van der Waals surface area contributed by atoms with Crippen molar-refractivity contribution in [3.05, 3.63) is 22.7 Å². The summed E-state index contributed by atoms with van der Waals surface area (Å²) in [5.74, 6) is 0. The summed E-state index contributed by atoms with van der Waals surface area (Å²) in [5.41, 5.74) is 8.62. The second-order valence-corrected chi connectivity index (χ2v) is 4.00. The maximum absolute atomic E-state index is 9.52. The molecule has 74 valence electrons. The third-order valence-electron chi connectivity index (χ3n) is 2.59. The molecule has 0 spiro atoms. The van der Waals surface area contributed by atoms with E-state index in [1.807, 2.05) is 10.9 Å². The van der Waals surface area contributed by atoms with Gasteiger partial charge in [0.15, 0.2) is 0 Å². The van der Waals surface area contributed by atoms with E-state index in [1.165, 1.54) is 0 Å². The third-order valence-corrected chi connectivity index (χ3v) is 2.81. The average Bonchev–Trinajstić information content (AvgIpc) is 2.47. The highest BCUT2D eigenvalue weighted by atomic mass is 35.5. The molecule has 1 aromatic carbocycles. The van der Waals surface area contributed by atoms with Crippen LogP contribution in [0.1, 0.15) is 5.56 Å². The smallest absolute Gasteiger partial charge is 0.409 e. The van der Waals surface area contributed by atoms with E-state index in [4.69, 9.17) is 17.3 Å². The predicted octanol–water partition coefficient (Wildman–Crippen LogP) is 1.40. The SMILES string of the molecule is CB(O)N1CCc2c(N)cc(Cl)cc21. The zero-order valence-corrected chi connectivity index (χ0v) is 8.75. The van der Waals surface area contributed by atoms with Gasteiger partial charge in [0.05, 0.1) is 0 Å². The first kappa shape index (κ1) is 9.68. The minimum absolute atomic E-state index is 0.492. The molecular formula is C9H12BClN2O. The molecular weight excluding hydrogens is 198 g/mol. The number of rotatable bonds is 1. The Morgan fingerprint density at radius 2 is 2.29 bits per heavy atom. The molecule has 0 aliphatic carbocycles. The number of halogens is 1. The van der Waals surface area contributed by atoms with Gasteiger partial charge in [-0.3, -0.25) is 0 Å². The number of fused-ring (bicyclic) bond motifs is 1. The highest BCUT2D eigenvalue weighted by Gasteiger charge is 2.26. The van der Waals surface area contributed by atoms with Gasteiger partial charge >= 0.3 is 7.05 Å². The maximum atomic E-state index is 9.52. The average molecular weight is 210 g/mol. The van der Waals surface area contributed by atoms with Crippen LogP contribution in [-0.4, -0.2) is 18.6 Å². The van der Waals surface area contributed by atoms with E-state index in [2.05, 4.69) is 0 Å². The molecule has 0 radical (unpaired) electrons. The summed E-state index contributed by atoms with van der Waals surface area (Å²) in [7, 11) is -0.492. The summed E-state index contributed by atoms with van der Waals surface area (Å²) in [4.78, 5) is 1.90. The van der Waals surface area contributed by atoms with Gasteiger partial charge in [0.2, 0.25) is 0 Å². The van der Waals surface area contributed by atoms with Gasteiger partial charge in [-0.25, -0.2) is 0 Å². The summed E-state index contributed by atoms with van der Waals surface area (Å²) in [6, 6.07) is 3.61. The monoisotopic (exact) mass is 210 g/mol. The fraction of sp³-hybridized carbons (Fsp3) is 0.333. The zero-order chi connectivity index (χ0) is 10.3. The largest absolute Gasteiger partial charge is 0.432 e. The van der Waals surface area contributed by atoms with Gasteiger partial charge in [0.25, 0.3) is 0 Å². The minimum atomic E-state index is -0.492. The lowest BCUT2D eigenvalue weighted by Gasteiger charge is -2.20. The van der Waals surface area contributed by atoms with Gasteiger partial charge in [-0.15, -0.1) is 0 Å². The van der Waals surface area contributed by atoms with Gasteiger partial charge in [-0.1, -0.05) is 11.6 Å². The number of benzene rings is 1. The van der Waals surface area contributed by atoms with Crippen LogP contribution in [0.3, 0.4) is 0 Å². The molecule has 0 amide bonds. The van der Waals surface area contributed by atoms with E-state index in [-0.39, 0.29) is 0 Å². The molecule has 2 rings (SSSR count). The van der Waals surface area contributed by atoms with Crippen molar-refractivity contribution in [2.75, 3.05) is 17.1 Å². The normalized spacial score (nSPS) is 14.4. The van der Waals surface area contributed by atoms with Crippen LogP contribution in [0.25, 0.3) is 0 Å². The Morgan fingerprint density at radius 1 is 1.57 bits per heavy atom. The standard InChI is InChI=1S/C9H12BClN2O/c1-10(14)13-3-2-7-8(12)4-6(11)5-9(7)13/h4-5,14H,2-3,12H2,1H3. The number of anilines is 2. The van der Waals surface area contributed by atoms with Crippen molar-refractivity contribution >= 4 is 30.0 Å². The topological polar surface area (TPSA) is 49.5 Å². The Kier molecular flexibility index (Phi) is 2.33. The van der Waals surface area contributed by atoms with E-state index >= 15 is 0 Å². The number of hydrogen-bond acceptors (Lipinski definition) is 3. The number of hydrogen-bond donors (Lipinski definition) is 2. The predicted molar refractivity (Wildman–Crippen MR) is 60.8 cm³/mol. The first-order valence-electron chi connectivity index (χ1n) is 4.62. The highest BCUT2D eigenvalue weighted by molar-refractivity contribution is 6.54. The molecule has 14 heavy (non-hydrogen) atoms. The molecule has 3 N–H and O–H groups in total.